The molecular weight excluding hydrogens is 346 g/mol. The van der Waals surface area contributed by atoms with Crippen LogP contribution in [0, 0.1) is 0 Å². The number of carbonyl (C=O) groups excluding carboxylic acids is 1. The van der Waals surface area contributed by atoms with Crippen LogP contribution in [0.4, 0.5) is 5.69 Å². The predicted octanol–water partition coefficient (Wildman–Crippen LogP) is 2.80. The van der Waals surface area contributed by atoms with Gasteiger partial charge in [0.15, 0.2) is 6.54 Å². The molecule has 0 aliphatic heterocycles. The Morgan fingerprint density at radius 2 is 1.68 bits per heavy atom. The molecule has 2 N–H and O–H groups in total. The standard InChI is InChI=1S/C24H29N3O/c1-18(22-11-7-9-20-8-5-6-10-23(20)22)25-24(28)17-27(4)16-19-12-14-21(15-13-19)26(2)3/h5-15,18H,16-17H2,1-4H3,(H,25,28)/p+1/t18-/m0/s1. The first-order chi connectivity index (χ1) is 13.4. The third-order valence-corrected chi connectivity index (χ3v) is 5.09. The highest BCUT2D eigenvalue weighted by Crippen LogP contribution is 2.23. The summed E-state index contributed by atoms with van der Waals surface area (Å²) in [6, 6.07) is 23.0. The van der Waals surface area contributed by atoms with Crippen LogP contribution in [0.1, 0.15) is 24.1 Å². The van der Waals surface area contributed by atoms with Gasteiger partial charge in [-0.1, -0.05) is 54.6 Å². The van der Waals surface area contributed by atoms with E-state index in [0.717, 1.165) is 12.1 Å². The number of rotatable bonds is 7. The maximum atomic E-state index is 12.6. The highest BCUT2D eigenvalue weighted by atomic mass is 16.2. The summed E-state index contributed by atoms with van der Waals surface area (Å²) in [4.78, 5) is 15.8. The summed E-state index contributed by atoms with van der Waals surface area (Å²) in [5.74, 6) is 0.0721. The Balaban J connectivity index is 1.58. The summed E-state index contributed by atoms with van der Waals surface area (Å²) in [6.45, 7) is 3.32. The van der Waals surface area contributed by atoms with E-state index in [1.807, 2.05) is 26.2 Å². The molecule has 2 atom stereocenters. The SMILES string of the molecule is C[C@H](NC(=O)C[NH+](C)Cc1ccc(N(C)C)cc1)c1cccc2ccccc12. The van der Waals surface area contributed by atoms with Crippen molar-refractivity contribution < 1.29 is 9.69 Å². The number of hydrogen-bond acceptors (Lipinski definition) is 2. The Bertz CT molecular complexity index is 929. The molecular formula is C24H30N3O+. The van der Waals surface area contributed by atoms with Crippen LogP contribution < -0.4 is 15.1 Å². The monoisotopic (exact) mass is 376 g/mol. The Labute approximate surface area is 167 Å². The topological polar surface area (TPSA) is 36.8 Å². The average Bonchev–Trinajstić information content (AvgIpc) is 2.67. The van der Waals surface area contributed by atoms with Crippen LogP contribution in [0.25, 0.3) is 10.8 Å². The van der Waals surface area contributed by atoms with Crippen LogP contribution in [0.3, 0.4) is 0 Å². The van der Waals surface area contributed by atoms with Crippen LogP contribution in [-0.4, -0.2) is 33.6 Å². The van der Waals surface area contributed by atoms with Crippen LogP contribution in [0.2, 0.25) is 0 Å². The normalized spacial score (nSPS) is 13.1. The van der Waals surface area contributed by atoms with Crippen molar-refractivity contribution in [1.29, 1.82) is 0 Å². The first kappa shape index (κ1) is 19.9. The van der Waals surface area contributed by atoms with E-state index in [1.165, 1.54) is 26.9 Å². The molecule has 3 aromatic rings. The molecule has 4 heteroatoms. The smallest absolute Gasteiger partial charge is 0.275 e. The molecule has 146 valence electrons. The molecule has 4 nitrogen and oxygen atoms in total. The number of nitrogens with zero attached hydrogens (tertiary/aromatic N) is 1. The molecule has 3 aromatic carbocycles. The zero-order chi connectivity index (χ0) is 20.1. The van der Waals surface area contributed by atoms with E-state index < -0.39 is 0 Å². The minimum absolute atomic E-state index is 0.0224. The van der Waals surface area contributed by atoms with Gasteiger partial charge in [-0.2, -0.15) is 0 Å². The van der Waals surface area contributed by atoms with Crippen molar-refractivity contribution in [1.82, 2.24) is 5.32 Å². The molecule has 0 saturated carbocycles. The fourth-order valence-electron chi connectivity index (χ4n) is 3.60. The highest BCUT2D eigenvalue weighted by Gasteiger charge is 2.15. The van der Waals surface area contributed by atoms with E-state index in [-0.39, 0.29) is 11.9 Å². The number of hydrogen-bond donors (Lipinski definition) is 2. The Morgan fingerprint density at radius 3 is 2.39 bits per heavy atom. The van der Waals surface area contributed by atoms with E-state index in [4.69, 9.17) is 0 Å². The number of amides is 1. The van der Waals surface area contributed by atoms with Crippen molar-refractivity contribution in [2.45, 2.75) is 19.5 Å². The number of carbonyl (C=O) groups is 1. The van der Waals surface area contributed by atoms with E-state index in [2.05, 4.69) is 78.8 Å². The second kappa shape index (κ2) is 8.89. The summed E-state index contributed by atoms with van der Waals surface area (Å²) in [5, 5.41) is 5.56. The van der Waals surface area contributed by atoms with Crippen molar-refractivity contribution >= 4 is 22.4 Å². The summed E-state index contributed by atoms with van der Waals surface area (Å²) in [6.07, 6.45) is 0. The molecule has 0 heterocycles. The van der Waals surface area contributed by atoms with Gasteiger partial charge >= 0.3 is 0 Å². The quantitative estimate of drug-likeness (QED) is 0.665. The molecule has 0 aromatic heterocycles. The molecule has 28 heavy (non-hydrogen) atoms. The van der Waals surface area contributed by atoms with E-state index >= 15 is 0 Å². The number of benzene rings is 3. The van der Waals surface area contributed by atoms with Crippen molar-refractivity contribution in [3.63, 3.8) is 0 Å². The second-order valence-electron chi connectivity index (χ2n) is 7.73. The molecule has 0 aliphatic rings. The van der Waals surface area contributed by atoms with Gasteiger partial charge in [-0.25, -0.2) is 0 Å². The van der Waals surface area contributed by atoms with Gasteiger partial charge in [0.2, 0.25) is 0 Å². The van der Waals surface area contributed by atoms with Gasteiger partial charge in [-0.3, -0.25) is 4.79 Å². The maximum absolute atomic E-state index is 12.6. The lowest BCUT2D eigenvalue weighted by Gasteiger charge is -2.19. The van der Waals surface area contributed by atoms with Crippen molar-refractivity contribution in [3.05, 3.63) is 77.9 Å². The first-order valence-corrected chi connectivity index (χ1v) is 9.78. The van der Waals surface area contributed by atoms with Crippen molar-refractivity contribution in [3.8, 4) is 0 Å². The molecule has 0 radical (unpaired) electrons. The van der Waals surface area contributed by atoms with Gasteiger partial charge in [-0.15, -0.1) is 0 Å². The molecule has 1 unspecified atom stereocenters. The fourth-order valence-corrected chi connectivity index (χ4v) is 3.60. The van der Waals surface area contributed by atoms with Gasteiger partial charge in [0.05, 0.1) is 13.1 Å². The van der Waals surface area contributed by atoms with Gasteiger partial charge in [0, 0.05) is 25.3 Å². The molecule has 0 saturated heterocycles. The summed E-state index contributed by atoms with van der Waals surface area (Å²) in [5.41, 5.74) is 3.57. The third kappa shape index (κ3) is 4.90. The Morgan fingerprint density at radius 1 is 1.00 bits per heavy atom. The lowest BCUT2D eigenvalue weighted by Crippen LogP contribution is -3.08. The average molecular weight is 377 g/mol. The lowest BCUT2D eigenvalue weighted by molar-refractivity contribution is -0.885. The van der Waals surface area contributed by atoms with Crippen LogP contribution in [0.5, 0.6) is 0 Å². The minimum Gasteiger partial charge on any atom is -0.378 e. The Kier molecular flexibility index (Phi) is 6.32. The second-order valence-corrected chi connectivity index (χ2v) is 7.73. The van der Waals surface area contributed by atoms with Gasteiger partial charge in [0.1, 0.15) is 6.54 Å². The zero-order valence-corrected chi connectivity index (χ0v) is 17.2. The van der Waals surface area contributed by atoms with Crippen LogP contribution in [-0.2, 0) is 11.3 Å². The maximum Gasteiger partial charge on any atom is 0.275 e. The van der Waals surface area contributed by atoms with Crippen LogP contribution in [0.15, 0.2) is 66.7 Å². The van der Waals surface area contributed by atoms with Gasteiger partial charge in [0.25, 0.3) is 5.91 Å². The van der Waals surface area contributed by atoms with E-state index in [9.17, 15) is 4.79 Å². The van der Waals surface area contributed by atoms with Crippen LogP contribution >= 0.6 is 0 Å². The summed E-state index contributed by atoms with van der Waals surface area (Å²) >= 11 is 0. The number of likely N-dealkylation sites (N-methyl/N-ethyl adjacent to an activating group) is 1. The largest absolute Gasteiger partial charge is 0.378 e. The molecule has 0 aliphatic carbocycles. The third-order valence-electron chi connectivity index (χ3n) is 5.09. The Hall–Kier alpha value is -2.85. The molecule has 0 fully saturated rings. The fraction of sp³-hybridized carbons (Fsp3) is 0.292. The molecule has 1 amide bonds. The zero-order valence-electron chi connectivity index (χ0n) is 17.2. The minimum atomic E-state index is -0.0224. The lowest BCUT2D eigenvalue weighted by atomic mass is 10.00. The van der Waals surface area contributed by atoms with Crippen molar-refractivity contribution in [2.24, 2.45) is 0 Å². The molecule has 0 spiro atoms. The number of anilines is 1. The van der Waals surface area contributed by atoms with Crippen molar-refractivity contribution in [2.75, 3.05) is 32.6 Å². The van der Waals surface area contributed by atoms with Gasteiger partial charge < -0.3 is 15.1 Å². The number of quaternary nitrogens is 1. The molecule has 0 bridgehead atoms. The predicted molar refractivity (Wildman–Crippen MR) is 117 cm³/mol. The number of nitrogens with one attached hydrogen (secondary N) is 2. The number of fused-ring (bicyclic) bond motifs is 1. The highest BCUT2D eigenvalue weighted by molar-refractivity contribution is 5.87. The molecule has 3 rings (SSSR count). The van der Waals surface area contributed by atoms with E-state index in [1.54, 1.807) is 0 Å². The summed E-state index contributed by atoms with van der Waals surface area (Å²) in [7, 11) is 6.13. The first-order valence-electron chi connectivity index (χ1n) is 9.78. The van der Waals surface area contributed by atoms with E-state index in [0.29, 0.717) is 6.54 Å². The summed E-state index contributed by atoms with van der Waals surface area (Å²) < 4.78 is 0. The van der Waals surface area contributed by atoms with Gasteiger partial charge in [-0.05, 0) is 35.4 Å².